The van der Waals surface area contributed by atoms with Gasteiger partial charge in [0, 0.05) is 10.7 Å². The zero-order valence-electron chi connectivity index (χ0n) is 30.5. The SMILES string of the molecule is CC(=O)C(N=Nc1ccc(OCCOCCOCCOCCOCCOCCOCCOCCOCCOCCO)cc1)C(=O)Nc1ccc(Cl)cc1. The molecule has 2 N–H and O–H groups in total. The van der Waals surface area contributed by atoms with Crippen LogP contribution in [0.15, 0.2) is 58.8 Å². The molecule has 16 nitrogen and oxygen atoms in total. The van der Waals surface area contributed by atoms with Crippen LogP contribution in [0.5, 0.6) is 5.75 Å². The molecule has 0 aliphatic carbocycles. The molecule has 0 aliphatic rings. The van der Waals surface area contributed by atoms with Gasteiger partial charge in [-0.1, -0.05) is 11.6 Å². The topological polar surface area (TPSA) is 183 Å². The first-order valence-electron chi connectivity index (χ1n) is 17.5. The Morgan fingerprint density at radius 1 is 0.585 bits per heavy atom. The number of ketones is 1. The van der Waals surface area contributed by atoms with Crippen molar-refractivity contribution in [1.82, 2.24) is 0 Å². The van der Waals surface area contributed by atoms with Crippen LogP contribution in [0.25, 0.3) is 0 Å². The molecule has 0 aromatic heterocycles. The molecule has 0 heterocycles. The highest BCUT2D eigenvalue weighted by Gasteiger charge is 2.23. The molecule has 53 heavy (non-hydrogen) atoms. The third-order valence-electron chi connectivity index (χ3n) is 6.58. The molecule has 298 valence electrons. The van der Waals surface area contributed by atoms with E-state index >= 15 is 0 Å². The third kappa shape index (κ3) is 25.5. The lowest BCUT2D eigenvalue weighted by atomic mass is 10.2. The van der Waals surface area contributed by atoms with Crippen LogP contribution in [0, 0.1) is 0 Å². The first kappa shape index (κ1) is 46.0. The van der Waals surface area contributed by atoms with E-state index in [1.54, 1.807) is 48.5 Å². The second-order valence-electron chi connectivity index (χ2n) is 10.8. The van der Waals surface area contributed by atoms with Crippen molar-refractivity contribution in [2.45, 2.75) is 13.0 Å². The molecule has 0 aliphatic heterocycles. The number of Topliss-reactive ketones (excluding diaryl/α,β-unsaturated/α-hetero) is 1. The van der Waals surface area contributed by atoms with Crippen molar-refractivity contribution >= 4 is 34.7 Å². The fraction of sp³-hybridized carbons (Fsp3) is 0.611. The quantitative estimate of drug-likeness (QED) is 0.0590. The highest BCUT2D eigenvalue weighted by atomic mass is 35.5. The summed E-state index contributed by atoms with van der Waals surface area (Å²) in [6, 6.07) is 12.0. The second kappa shape index (κ2) is 32.3. The summed E-state index contributed by atoms with van der Waals surface area (Å²) in [7, 11) is 0. The Labute approximate surface area is 316 Å². The van der Waals surface area contributed by atoms with Gasteiger partial charge in [-0.05, 0) is 55.5 Å². The van der Waals surface area contributed by atoms with Crippen LogP contribution < -0.4 is 10.1 Å². The Balaban J connectivity index is 1.33. The van der Waals surface area contributed by atoms with E-state index in [0.29, 0.717) is 148 Å². The number of benzene rings is 2. The van der Waals surface area contributed by atoms with Gasteiger partial charge in [-0.3, -0.25) is 9.59 Å². The summed E-state index contributed by atoms with van der Waals surface area (Å²) in [5.74, 6) is -0.408. The van der Waals surface area contributed by atoms with Gasteiger partial charge in [0.15, 0.2) is 5.78 Å². The van der Waals surface area contributed by atoms with Crippen LogP contribution in [-0.2, 0) is 52.2 Å². The van der Waals surface area contributed by atoms with E-state index < -0.39 is 17.7 Å². The van der Waals surface area contributed by atoms with Gasteiger partial charge in [0.2, 0.25) is 6.04 Å². The highest BCUT2D eigenvalue weighted by molar-refractivity contribution is 6.30. The average Bonchev–Trinajstić information content (AvgIpc) is 3.15. The maximum absolute atomic E-state index is 12.5. The maximum atomic E-state index is 12.5. The number of ether oxygens (including phenoxy) is 10. The molecule has 0 spiro atoms. The van der Waals surface area contributed by atoms with Crippen molar-refractivity contribution in [2.24, 2.45) is 10.2 Å². The summed E-state index contributed by atoms with van der Waals surface area (Å²) in [5.41, 5.74) is 0.963. The Kier molecular flexibility index (Phi) is 28.1. The van der Waals surface area contributed by atoms with Gasteiger partial charge in [0.1, 0.15) is 12.4 Å². The number of halogens is 1. The first-order chi connectivity index (χ1) is 26.0. The zero-order chi connectivity index (χ0) is 38.0. The normalized spacial score (nSPS) is 12.0. The molecule has 2 rings (SSSR count). The van der Waals surface area contributed by atoms with Gasteiger partial charge in [-0.15, -0.1) is 0 Å². The van der Waals surface area contributed by atoms with E-state index in [1.165, 1.54) is 6.92 Å². The molecule has 0 radical (unpaired) electrons. The number of nitrogens with one attached hydrogen (secondary N) is 1. The summed E-state index contributed by atoms with van der Waals surface area (Å²) in [5, 5.41) is 19.7. The minimum absolute atomic E-state index is 0.0150. The summed E-state index contributed by atoms with van der Waals surface area (Å²) < 4.78 is 54.4. The number of amides is 1. The van der Waals surface area contributed by atoms with Crippen molar-refractivity contribution in [3.8, 4) is 5.75 Å². The van der Waals surface area contributed by atoms with Crippen molar-refractivity contribution in [3.63, 3.8) is 0 Å². The van der Waals surface area contributed by atoms with E-state index in [0.717, 1.165) is 0 Å². The van der Waals surface area contributed by atoms with Crippen LogP contribution in [0.4, 0.5) is 11.4 Å². The molecule has 2 aromatic rings. The second-order valence-corrected chi connectivity index (χ2v) is 11.2. The van der Waals surface area contributed by atoms with Gasteiger partial charge < -0.3 is 57.8 Å². The minimum Gasteiger partial charge on any atom is -0.491 e. The number of rotatable bonds is 35. The van der Waals surface area contributed by atoms with Gasteiger partial charge in [0.25, 0.3) is 5.91 Å². The molecular formula is C36H54ClN3O13. The van der Waals surface area contributed by atoms with Gasteiger partial charge in [0.05, 0.1) is 131 Å². The van der Waals surface area contributed by atoms with Crippen LogP contribution in [0.1, 0.15) is 6.92 Å². The van der Waals surface area contributed by atoms with Crippen LogP contribution in [-0.4, -0.2) is 155 Å². The van der Waals surface area contributed by atoms with E-state index in [-0.39, 0.29) is 6.61 Å². The number of aliphatic hydroxyl groups excluding tert-OH is 1. The standard InChI is InChI=1S/C36H54ClN3O13/c1-30(42)35(36(43)38-32-4-2-31(37)3-5-32)40-39-33-6-8-34(9-7-33)53-29-28-52-27-26-51-25-24-50-23-22-49-21-20-48-19-18-47-17-16-46-15-14-45-13-12-44-11-10-41/h2-9,35,41H,10-29H2,1H3,(H,38,43). The fourth-order valence-corrected chi connectivity index (χ4v) is 4.07. The van der Waals surface area contributed by atoms with Crippen LogP contribution in [0.3, 0.4) is 0 Å². The van der Waals surface area contributed by atoms with Crippen molar-refractivity contribution < 1.29 is 62.1 Å². The molecule has 0 fully saturated rings. The number of hydrogen-bond donors (Lipinski definition) is 2. The molecule has 17 heteroatoms. The number of nitrogens with zero attached hydrogens (tertiary/aromatic N) is 2. The summed E-state index contributed by atoms with van der Waals surface area (Å²) in [6.45, 7) is 9.87. The molecule has 0 bridgehead atoms. The lowest BCUT2D eigenvalue weighted by Gasteiger charge is -2.10. The summed E-state index contributed by atoms with van der Waals surface area (Å²) in [6.07, 6.45) is 0. The molecular weight excluding hydrogens is 718 g/mol. The van der Waals surface area contributed by atoms with E-state index in [4.69, 9.17) is 64.1 Å². The Bertz CT molecular complexity index is 1230. The van der Waals surface area contributed by atoms with Gasteiger partial charge in [-0.2, -0.15) is 10.2 Å². The Hall–Kier alpha value is -3.13. The summed E-state index contributed by atoms with van der Waals surface area (Å²) in [4.78, 5) is 24.5. The smallest absolute Gasteiger partial charge is 0.258 e. The highest BCUT2D eigenvalue weighted by Crippen LogP contribution is 2.20. The zero-order valence-corrected chi connectivity index (χ0v) is 31.2. The van der Waals surface area contributed by atoms with E-state index in [1.807, 2.05) is 0 Å². The number of aliphatic hydroxyl groups is 1. The van der Waals surface area contributed by atoms with Crippen molar-refractivity contribution in [2.75, 3.05) is 137 Å². The number of hydrogen-bond acceptors (Lipinski definition) is 15. The predicted molar refractivity (Wildman–Crippen MR) is 195 cm³/mol. The number of azo groups is 1. The Morgan fingerprint density at radius 3 is 1.34 bits per heavy atom. The molecule has 2 aromatic carbocycles. The Morgan fingerprint density at radius 2 is 0.962 bits per heavy atom. The largest absolute Gasteiger partial charge is 0.491 e. The predicted octanol–water partition coefficient (Wildman–Crippen LogP) is 3.54. The minimum atomic E-state index is -1.28. The van der Waals surface area contributed by atoms with Gasteiger partial charge >= 0.3 is 0 Å². The van der Waals surface area contributed by atoms with Crippen LogP contribution >= 0.6 is 11.6 Å². The van der Waals surface area contributed by atoms with E-state index in [9.17, 15) is 9.59 Å². The maximum Gasteiger partial charge on any atom is 0.258 e. The number of anilines is 1. The monoisotopic (exact) mass is 771 g/mol. The third-order valence-corrected chi connectivity index (χ3v) is 6.83. The number of carbonyl (C=O) groups is 2. The molecule has 1 unspecified atom stereocenters. The number of carbonyl (C=O) groups excluding carboxylic acids is 2. The lowest BCUT2D eigenvalue weighted by Crippen LogP contribution is -2.31. The molecule has 1 amide bonds. The lowest BCUT2D eigenvalue weighted by molar-refractivity contribution is -0.126. The summed E-state index contributed by atoms with van der Waals surface area (Å²) >= 11 is 5.87. The van der Waals surface area contributed by atoms with Crippen molar-refractivity contribution in [3.05, 3.63) is 53.6 Å². The molecule has 0 saturated carbocycles. The fourth-order valence-electron chi connectivity index (χ4n) is 3.94. The molecule has 0 saturated heterocycles. The van der Waals surface area contributed by atoms with Gasteiger partial charge in [-0.25, -0.2) is 0 Å². The van der Waals surface area contributed by atoms with E-state index in [2.05, 4.69) is 15.5 Å². The van der Waals surface area contributed by atoms with Crippen molar-refractivity contribution in [1.29, 1.82) is 0 Å². The first-order valence-corrected chi connectivity index (χ1v) is 17.9. The average molecular weight is 772 g/mol. The molecule has 1 atom stereocenters. The van der Waals surface area contributed by atoms with Crippen LogP contribution in [0.2, 0.25) is 5.02 Å².